The second-order valence-corrected chi connectivity index (χ2v) is 7.47. The van der Waals surface area contributed by atoms with E-state index in [9.17, 15) is 14.0 Å². The monoisotopic (exact) mass is 417 g/mol. The van der Waals surface area contributed by atoms with Gasteiger partial charge in [-0.2, -0.15) is 0 Å². The van der Waals surface area contributed by atoms with Crippen LogP contribution >= 0.6 is 0 Å². The summed E-state index contributed by atoms with van der Waals surface area (Å²) in [4.78, 5) is 28.8. The number of hydrogen-bond acceptors (Lipinski definition) is 3. The number of anilines is 1. The van der Waals surface area contributed by atoms with Crippen molar-refractivity contribution in [3.8, 4) is 11.1 Å². The smallest absolute Gasteiger partial charge is 0.251 e. The number of carbonyl (C=O) groups excluding carboxylic acids is 2. The van der Waals surface area contributed by atoms with Crippen molar-refractivity contribution in [2.75, 3.05) is 37.6 Å². The Morgan fingerprint density at radius 1 is 0.774 bits per heavy atom. The van der Waals surface area contributed by atoms with Gasteiger partial charge in [-0.25, -0.2) is 4.39 Å². The number of nitrogens with zero attached hydrogens (tertiary/aromatic N) is 2. The van der Waals surface area contributed by atoms with Gasteiger partial charge in [-0.1, -0.05) is 42.5 Å². The molecular formula is C25H24FN3O2. The highest BCUT2D eigenvalue weighted by molar-refractivity contribution is 5.96. The molecule has 1 heterocycles. The summed E-state index contributed by atoms with van der Waals surface area (Å²) in [5.74, 6) is -0.631. The number of amides is 2. The van der Waals surface area contributed by atoms with Crippen LogP contribution in [0.25, 0.3) is 11.1 Å². The molecule has 0 radical (unpaired) electrons. The third-order valence-corrected chi connectivity index (χ3v) is 5.48. The van der Waals surface area contributed by atoms with E-state index in [1.165, 1.54) is 12.1 Å². The Labute approximate surface area is 181 Å². The third kappa shape index (κ3) is 5.09. The van der Waals surface area contributed by atoms with Crippen molar-refractivity contribution in [1.82, 2.24) is 10.2 Å². The van der Waals surface area contributed by atoms with Crippen molar-refractivity contribution in [2.24, 2.45) is 0 Å². The summed E-state index contributed by atoms with van der Waals surface area (Å²) in [5.41, 5.74) is 3.59. The predicted molar refractivity (Wildman–Crippen MR) is 119 cm³/mol. The van der Waals surface area contributed by atoms with Crippen molar-refractivity contribution in [3.63, 3.8) is 0 Å². The Morgan fingerprint density at radius 2 is 1.39 bits per heavy atom. The van der Waals surface area contributed by atoms with Crippen molar-refractivity contribution in [2.45, 2.75) is 0 Å². The fourth-order valence-electron chi connectivity index (χ4n) is 3.68. The lowest BCUT2D eigenvalue weighted by molar-refractivity contribution is -0.130. The van der Waals surface area contributed by atoms with E-state index in [0.29, 0.717) is 31.7 Å². The molecule has 1 aliphatic rings. The lowest BCUT2D eigenvalue weighted by Gasteiger charge is -2.36. The van der Waals surface area contributed by atoms with E-state index in [4.69, 9.17) is 0 Å². The van der Waals surface area contributed by atoms with Crippen LogP contribution in [-0.2, 0) is 4.79 Å². The van der Waals surface area contributed by atoms with Crippen LogP contribution in [-0.4, -0.2) is 49.4 Å². The summed E-state index contributed by atoms with van der Waals surface area (Å²) in [6.07, 6.45) is 0. The second-order valence-electron chi connectivity index (χ2n) is 7.47. The number of carbonyl (C=O) groups is 2. The summed E-state index contributed by atoms with van der Waals surface area (Å²) in [7, 11) is 0. The van der Waals surface area contributed by atoms with Gasteiger partial charge in [-0.3, -0.25) is 9.59 Å². The zero-order chi connectivity index (χ0) is 21.6. The highest BCUT2D eigenvalue weighted by Gasteiger charge is 2.21. The number of piperazine rings is 1. The van der Waals surface area contributed by atoms with Gasteiger partial charge in [0.2, 0.25) is 5.91 Å². The Balaban J connectivity index is 1.26. The predicted octanol–water partition coefficient (Wildman–Crippen LogP) is 3.57. The first-order chi connectivity index (χ1) is 15.1. The van der Waals surface area contributed by atoms with Gasteiger partial charge in [-0.05, 0) is 47.5 Å². The van der Waals surface area contributed by atoms with E-state index in [2.05, 4.69) is 10.2 Å². The molecule has 1 aliphatic heterocycles. The highest BCUT2D eigenvalue weighted by Crippen LogP contribution is 2.19. The Bertz CT molecular complexity index is 1030. The molecule has 6 heteroatoms. The van der Waals surface area contributed by atoms with Gasteiger partial charge >= 0.3 is 0 Å². The standard InChI is InChI=1S/C25H24FN3O2/c26-22-10-12-23(13-11-22)28-14-16-29(17-15-28)24(30)18-27-25(31)21-8-6-20(7-9-21)19-4-2-1-3-5-19/h1-13H,14-18H2,(H,27,31). The SMILES string of the molecule is O=C(NCC(=O)N1CCN(c2ccc(F)cc2)CC1)c1ccc(-c2ccccc2)cc1. The topological polar surface area (TPSA) is 52.7 Å². The Hall–Kier alpha value is -3.67. The van der Waals surface area contributed by atoms with Gasteiger partial charge in [0.1, 0.15) is 5.82 Å². The first-order valence-corrected chi connectivity index (χ1v) is 10.3. The van der Waals surface area contributed by atoms with Gasteiger partial charge < -0.3 is 15.1 Å². The fraction of sp³-hybridized carbons (Fsp3) is 0.200. The van der Waals surface area contributed by atoms with Crippen LogP contribution in [0.5, 0.6) is 0 Å². The Morgan fingerprint density at radius 3 is 2.03 bits per heavy atom. The summed E-state index contributed by atoms with van der Waals surface area (Å²) >= 11 is 0. The fourth-order valence-corrected chi connectivity index (χ4v) is 3.68. The van der Waals surface area contributed by atoms with E-state index < -0.39 is 0 Å². The zero-order valence-electron chi connectivity index (χ0n) is 17.1. The molecule has 0 atom stereocenters. The van der Waals surface area contributed by atoms with Crippen LogP contribution in [0.15, 0.2) is 78.9 Å². The highest BCUT2D eigenvalue weighted by atomic mass is 19.1. The van der Waals surface area contributed by atoms with Crippen LogP contribution in [0, 0.1) is 5.82 Å². The molecule has 158 valence electrons. The number of nitrogens with one attached hydrogen (secondary N) is 1. The van der Waals surface area contributed by atoms with Crippen molar-refractivity contribution >= 4 is 17.5 Å². The first-order valence-electron chi connectivity index (χ1n) is 10.3. The molecule has 0 unspecified atom stereocenters. The van der Waals surface area contributed by atoms with Crippen molar-refractivity contribution in [1.29, 1.82) is 0 Å². The van der Waals surface area contributed by atoms with Gasteiger partial charge in [0.25, 0.3) is 5.91 Å². The number of halogens is 1. The molecule has 5 nitrogen and oxygen atoms in total. The van der Waals surface area contributed by atoms with Crippen LogP contribution < -0.4 is 10.2 Å². The van der Waals surface area contributed by atoms with Crippen molar-refractivity contribution in [3.05, 3.63) is 90.2 Å². The van der Waals surface area contributed by atoms with Crippen LogP contribution in [0.2, 0.25) is 0 Å². The molecule has 1 fully saturated rings. The number of rotatable bonds is 5. The van der Waals surface area contributed by atoms with E-state index in [-0.39, 0.29) is 24.2 Å². The van der Waals surface area contributed by atoms with Gasteiger partial charge in [-0.15, -0.1) is 0 Å². The number of benzene rings is 3. The van der Waals surface area contributed by atoms with Crippen molar-refractivity contribution < 1.29 is 14.0 Å². The molecule has 1 N–H and O–H groups in total. The van der Waals surface area contributed by atoms with Gasteiger partial charge in [0.05, 0.1) is 6.54 Å². The minimum Gasteiger partial charge on any atom is -0.368 e. The molecule has 0 spiro atoms. The summed E-state index contributed by atoms with van der Waals surface area (Å²) in [5, 5.41) is 2.72. The zero-order valence-corrected chi connectivity index (χ0v) is 17.1. The first kappa shape index (κ1) is 20.6. The van der Waals surface area contributed by atoms with E-state index in [1.54, 1.807) is 29.2 Å². The van der Waals surface area contributed by atoms with Gasteiger partial charge in [0, 0.05) is 37.4 Å². The molecule has 0 aliphatic carbocycles. The average Bonchev–Trinajstić information content (AvgIpc) is 2.83. The van der Waals surface area contributed by atoms with Crippen LogP contribution in [0.3, 0.4) is 0 Å². The molecule has 31 heavy (non-hydrogen) atoms. The lowest BCUT2D eigenvalue weighted by Crippen LogP contribution is -2.51. The molecular weight excluding hydrogens is 393 g/mol. The maximum absolute atomic E-state index is 13.1. The average molecular weight is 417 g/mol. The second kappa shape index (κ2) is 9.43. The van der Waals surface area contributed by atoms with E-state index >= 15 is 0 Å². The molecule has 0 saturated carbocycles. The molecule has 3 aromatic rings. The largest absolute Gasteiger partial charge is 0.368 e. The summed E-state index contributed by atoms with van der Waals surface area (Å²) in [6, 6.07) is 23.7. The quantitative estimate of drug-likeness (QED) is 0.691. The molecule has 1 saturated heterocycles. The third-order valence-electron chi connectivity index (χ3n) is 5.48. The van der Waals surface area contributed by atoms with Gasteiger partial charge in [0.15, 0.2) is 0 Å². The minimum absolute atomic E-state index is 0.0319. The molecule has 3 aromatic carbocycles. The molecule has 2 amide bonds. The van der Waals surface area contributed by atoms with E-state index in [0.717, 1.165) is 16.8 Å². The number of hydrogen-bond donors (Lipinski definition) is 1. The maximum Gasteiger partial charge on any atom is 0.251 e. The van der Waals surface area contributed by atoms with Crippen LogP contribution in [0.1, 0.15) is 10.4 Å². The van der Waals surface area contributed by atoms with Crippen LogP contribution in [0.4, 0.5) is 10.1 Å². The van der Waals surface area contributed by atoms with E-state index in [1.807, 2.05) is 42.5 Å². The maximum atomic E-state index is 13.1. The molecule has 0 aromatic heterocycles. The molecule has 0 bridgehead atoms. The summed E-state index contributed by atoms with van der Waals surface area (Å²) in [6.45, 7) is 2.45. The minimum atomic E-state index is -0.266. The Kier molecular flexibility index (Phi) is 6.26. The lowest BCUT2D eigenvalue weighted by atomic mass is 10.0. The molecule has 4 rings (SSSR count). The summed E-state index contributed by atoms with van der Waals surface area (Å²) < 4.78 is 13.1. The normalized spacial score (nSPS) is 13.7.